The smallest absolute Gasteiger partial charge is 0.408 e. The number of hydrogen-bond acceptors (Lipinski definition) is 4. The molecule has 0 saturated carbocycles. The Morgan fingerprint density at radius 2 is 0.792 bits per heavy atom. The molecule has 0 saturated heterocycles. The van der Waals surface area contributed by atoms with Crippen LogP contribution in [0.1, 0.15) is 149 Å². The number of fused-ring (bicyclic) bond motifs is 2. The molecule has 0 aliphatic carbocycles. The average molecular weight is 733 g/mol. The molecular formula is C48H61O4P. The second-order valence-electron chi connectivity index (χ2n) is 19.8. The Balaban J connectivity index is 1.71. The van der Waals surface area contributed by atoms with Crippen LogP contribution >= 0.6 is 8.60 Å². The van der Waals surface area contributed by atoms with Gasteiger partial charge in [0.1, 0.15) is 17.2 Å². The quantitative estimate of drug-likeness (QED) is 0.123. The molecule has 0 bridgehead atoms. The third-order valence-corrected chi connectivity index (χ3v) is 11.0. The number of hydrogen-bond donors (Lipinski definition) is 0. The number of carbonyl (C=O) groups excluding carboxylic acids is 1. The summed E-state index contributed by atoms with van der Waals surface area (Å²) in [5, 5.41) is 4.53. The SMILES string of the molecule is CC(=O)c1ccc(OP(Oc2cc3ccc(C(C)(C)C)cc3cc2C(C)(C)C)Oc2cc3ccc(C(C)(C)C)cc3cc2C(C)(C)C)c(C(C)(C)C)c1. The summed E-state index contributed by atoms with van der Waals surface area (Å²) < 4.78 is 21.0. The van der Waals surface area contributed by atoms with E-state index < -0.39 is 8.60 Å². The van der Waals surface area contributed by atoms with E-state index in [1.54, 1.807) is 6.92 Å². The lowest BCUT2D eigenvalue weighted by Gasteiger charge is -2.29. The molecular weight excluding hydrogens is 671 g/mol. The van der Waals surface area contributed by atoms with Crippen molar-refractivity contribution in [1.29, 1.82) is 0 Å². The van der Waals surface area contributed by atoms with E-state index in [0.717, 1.165) is 39.0 Å². The van der Waals surface area contributed by atoms with Gasteiger partial charge in [0.15, 0.2) is 5.78 Å². The predicted molar refractivity (Wildman–Crippen MR) is 227 cm³/mol. The predicted octanol–water partition coefficient (Wildman–Crippen LogP) is 14.4. The Labute approximate surface area is 320 Å². The van der Waals surface area contributed by atoms with Crippen molar-refractivity contribution in [2.24, 2.45) is 0 Å². The van der Waals surface area contributed by atoms with Gasteiger partial charge in [-0.3, -0.25) is 4.79 Å². The zero-order chi connectivity index (χ0) is 39.5. The van der Waals surface area contributed by atoms with Crippen molar-refractivity contribution in [3.63, 3.8) is 0 Å². The maximum Gasteiger partial charge on any atom is 0.530 e. The van der Waals surface area contributed by atoms with Gasteiger partial charge < -0.3 is 13.6 Å². The van der Waals surface area contributed by atoms with Gasteiger partial charge in [0, 0.05) is 22.3 Å². The van der Waals surface area contributed by atoms with E-state index in [0.29, 0.717) is 11.3 Å². The molecule has 53 heavy (non-hydrogen) atoms. The highest BCUT2D eigenvalue weighted by atomic mass is 31.2. The molecule has 0 aliphatic heterocycles. The molecule has 0 fully saturated rings. The third-order valence-electron chi connectivity index (χ3n) is 9.94. The Morgan fingerprint density at radius 1 is 0.415 bits per heavy atom. The second kappa shape index (κ2) is 14.1. The summed E-state index contributed by atoms with van der Waals surface area (Å²) in [5.41, 5.74) is 5.57. The minimum absolute atomic E-state index is 0.0121. The first-order chi connectivity index (χ1) is 24.2. The summed E-state index contributed by atoms with van der Waals surface area (Å²) in [5.74, 6) is 2.10. The van der Waals surface area contributed by atoms with Gasteiger partial charge >= 0.3 is 8.60 Å². The van der Waals surface area contributed by atoms with E-state index in [4.69, 9.17) is 13.6 Å². The zero-order valence-corrected chi connectivity index (χ0v) is 36.0. The largest absolute Gasteiger partial charge is 0.530 e. The van der Waals surface area contributed by atoms with E-state index in [2.05, 4.69) is 165 Å². The molecule has 4 nitrogen and oxygen atoms in total. The fraction of sp³-hybridized carbons (Fsp3) is 0.438. The Kier molecular flexibility index (Phi) is 10.7. The molecule has 0 radical (unpaired) electrons. The molecule has 0 atom stereocenters. The van der Waals surface area contributed by atoms with Crippen molar-refractivity contribution < 1.29 is 18.4 Å². The standard InChI is InChI=1S/C48H61O4P/c1-30(49)31-19-22-41(38(25-31)46(8,9)10)50-53(51-42-28-32-17-20-36(44(2,3)4)23-34(32)26-39(42)47(11,12)13)52-43-29-33-18-21-37(45(5,6)7)24-35(33)27-40(43)48(14,15)16/h17-29H,1-16H3. The summed E-state index contributed by atoms with van der Waals surface area (Å²) in [6.07, 6.45) is 0. The Morgan fingerprint density at radius 3 is 1.15 bits per heavy atom. The van der Waals surface area contributed by atoms with Crippen molar-refractivity contribution in [3.8, 4) is 17.2 Å². The minimum atomic E-state index is -2.05. The maximum absolute atomic E-state index is 12.5. The van der Waals surface area contributed by atoms with Gasteiger partial charge in [-0.15, -0.1) is 0 Å². The molecule has 5 aromatic rings. The second-order valence-corrected chi connectivity index (χ2v) is 20.8. The maximum atomic E-state index is 12.5. The van der Waals surface area contributed by atoms with Crippen molar-refractivity contribution in [3.05, 3.63) is 112 Å². The average Bonchev–Trinajstić information content (AvgIpc) is 3.01. The first-order valence-corrected chi connectivity index (χ1v) is 20.0. The third kappa shape index (κ3) is 9.26. The molecule has 0 amide bonds. The number of ketones is 1. The molecule has 282 valence electrons. The number of Topliss-reactive ketones (excluding diaryl/α,β-unsaturated/α-hetero) is 1. The Hall–Kier alpha value is -3.88. The molecule has 0 heterocycles. The zero-order valence-electron chi connectivity index (χ0n) is 35.1. The van der Waals surface area contributed by atoms with E-state index in [1.165, 1.54) is 21.9 Å². The van der Waals surface area contributed by atoms with Gasteiger partial charge in [0.05, 0.1) is 0 Å². The number of rotatable bonds is 7. The first kappa shape index (κ1) is 40.3. The van der Waals surface area contributed by atoms with Crippen LogP contribution in [0.3, 0.4) is 0 Å². The van der Waals surface area contributed by atoms with E-state index >= 15 is 0 Å². The van der Waals surface area contributed by atoms with Crippen LogP contribution in [0.25, 0.3) is 21.5 Å². The summed E-state index contributed by atoms with van der Waals surface area (Å²) in [6, 6.07) is 27.8. The topological polar surface area (TPSA) is 44.8 Å². The van der Waals surface area contributed by atoms with Crippen LogP contribution in [0.2, 0.25) is 0 Å². The normalized spacial score (nSPS) is 13.2. The molecule has 0 aromatic heterocycles. The van der Waals surface area contributed by atoms with Crippen molar-refractivity contribution in [2.75, 3.05) is 0 Å². The van der Waals surface area contributed by atoms with Crippen LogP contribution in [-0.4, -0.2) is 5.78 Å². The van der Waals surface area contributed by atoms with Gasteiger partial charge in [0.25, 0.3) is 0 Å². The van der Waals surface area contributed by atoms with Crippen LogP contribution < -0.4 is 13.6 Å². The van der Waals surface area contributed by atoms with Crippen LogP contribution in [0.15, 0.2) is 78.9 Å². The van der Waals surface area contributed by atoms with E-state index in [-0.39, 0.29) is 32.9 Å². The first-order valence-electron chi connectivity index (χ1n) is 18.9. The lowest BCUT2D eigenvalue weighted by molar-refractivity contribution is 0.101. The fourth-order valence-corrected chi connectivity index (χ4v) is 7.58. The monoisotopic (exact) mass is 732 g/mol. The molecule has 5 aromatic carbocycles. The molecule has 0 N–H and O–H groups in total. The van der Waals surface area contributed by atoms with Crippen LogP contribution in [0, 0.1) is 0 Å². The summed E-state index contributed by atoms with van der Waals surface area (Å²) >= 11 is 0. The fourth-order valence-electron chi connectivity index (χ4n) is 6.52. The van der Waals surface area contributed by atoms with E-state index in [1.807, 2.05) is 18.2 Å². The molecule has 0 aliphatic rings. The highest BCUT2D eigenvalue weighted by Crippen LogP contribution is 2.50. The van der Waals surface area contributed by atoms with Crippen LogP contribution in [-0.2, 0) is 27.1 Å². The highest BCUT2D eigenvalue weighted by molar-refractivity contribution is 7.43. The lowest BCUT2D eigenvalue weighted by Crippen LogP contribution is -2.17. The number of carbonyl (C=O) groups is 1. The summed E-state index contributed by atoms with van der Waals surface area (Å²) in [7, 11) is -2.05. The van der Waals surface area contributed by atoms with Gasteiger partial charge in [0.2, 0.25) is 0 Å². The van der Waals surface area contributed by atoms with Gasteiger partial charge in [-0.2, -0.15) is 0 Å². The van der Waals surface area contributed by atoms with Crippen molar-refractivity contribution in [1.82, 2.24) is 0 Å². The molecule has 5 rings (SSSR count). The van der Waals surface area contributed by atoms with Crippen LogP contribution in [0.4, 0.5) is 0 Å². The van der Waals surface area contributed by atoms with Crippen LogP contribution in [0.5, 0.6) is 17.2 Å². The molecule has 0 unspecified atom stereocenters. The summed E-state index contributed by atoms with van der Waals surface area (Å²) in [4.78, 5) is 12.5. The van der Waals surface area contributed by atoms with Gasteiger partial charge in [-0.05, 0) is 109 Å². The molecule has 5 heteroatoms. The summed E-state index contributed by atoms with van der Waals surface area (Å²) in [6.45, 7) is 34.7. The van der Waals surface area contributed by atoms with Crippen molar-refractivity contribution >= 4 is 35.9 Å². The molecule has 0 spiro atoms. The minimum Gasteiger partial charge on any atom is -0.408 e. The number of benzene rings is 5. The Bertz CT molecular complexity index is 2040. The van der Waals surface area contributed by atoms with E-state index in [9.17, 15) is 4.79 Å². The van der Waals surface area contributed by atoms with Gasteiger partial charge in [-0.1, -0.05) is 140 Å². The highest BCUT2D eigenvalue weighted by Gasteiger charge is 2.32. The van der Waals surface area contributed by atoms with Gasteiger partial charge in [-0.25, -0.2) is 0 Å². The van der Waals surface area contributed by atoms with Crippen molar-refractivity contribution in [2.45, 2.75) is 138 Å². The lowest BCUT2D eigenvalue weighted by atomic mass is 9.83.